The van der Waals surface area contributed by atoms with Crippen LogP contribution in [0.25, 0.3) is 0 Å². The predicted molar refractivity (Wildman–Crippen MR) is 186 cm³/mol. The first kappa shape index (κ1) is 41.1. The molecule has 43 heavy (non-hydrogen) atoms. The molecule has 0 aliphatic heterocycles. The van der Waals surface area contributed by atoms with Crippen LogP contribution in [-0.2, 0) is 14.3 Å². The van der Waals surface area contributed by atoms with Crippen molar-refractivity contribution in [2.75, 3.05) is 19.8 Å². The molecule has 0 bridgehead atoms. The molecule has 0 fully saturated rings. The van der Waals surface area contributed by atoms with Crippen LogP contribution < -0.4 is 0 Å². The molecule has 0 rings (SSSR count). The number of unbranched alkanes of at least 4 members (excludes halogenated alkanes) is 14. The van der Waals surface area contributed by atoms with Gasteiger partial charge in [-0.2, -0.15) is 0 Å². The second kappa shape index (κ2) is 36.3. The van der Waals surface area contributed by atoms with E-state index in [1.807, 2.05) is 0 Å². The van der Waals surface area contributed by atoms with Gasteiger partial charge in [0.1, 0.15) is 6.10 Å². The lowest BCUT2D eigenvalue weighted by atomic mass is 10.1. The van der Waals surface area contributed by atoms with E-state index in [1.165, 1.54) is 64.2 Å². The van der Waals surface area contributed by atoms with E-state index in [4.69, 9.17) is 9.47 Å². The third kappa shape index (κ3) is 34.4. The van der Waals surface area contributed by atoms with Crippen molar-refractivity contribution in [1.29, 1.82) is 0 Å². The zero-order valence-corrected chi connectivity index (χ0v) is 28.2. The Kier molecular flexibility index (Phi) is 34.7. The second-order valence-corrected chi connectivity index (χ2v) is 11.6. The van der Waals surface area contributed by atoms with Crippen LogP contribution in [0.2, 0.25) is 0 Å². The number of carbonyl (C=O) groups excluding carboxylic acids is 1. The fraction of sp³-hybridized carbons (Fsp3) is 0.718. The van der Waals surface area contributed by atoms with Crippen LogP contribution in [0, 0.1) is 0 Å². The molecule has 1 N–H and O–H groups in total. The van der Waals surface area contributed by atoms with Gasteiger partial charge in [-0.3, -0.25) is 4.79 Å². The van der Waals surface area contributed by atoms with E-state index in [9.17, 15) is 9.90 Å². The highest BCUT2D eigenvalue weighted by molar-refractivity contribution is 5.69. The maximum atomic E-state index is 12.1. The van der Waals surface area contributed by atoms with Gasteiger partial charge >= 0.3 is 5.97 Å². The summed E-state index contributed by atoms with van der Waals surface area (Å²) in [6.07, 6.45) is 46.9. The molecule has 1 unspecified atom stereocenters. The van der Waals surface area contributed by atoms with Crippen molar-refractivity contribution in [3.8, 4) is 0 Å². The van der Waals surface area contributed by atoms with Gasteiger partial charge < -0.3 is 14.6 Å². The summed E-state index contributed by atoms with van der Waals surface area (Å²) in [6.45, 7) is 5.13. The Bertz CT molecular complexity index is 719. The van der Waals surface area contributed by atoms with E-state index in [0.717, 1.165) is 70.6 Å². The maximum Gasteiger partial charge on any atom is 0.306 e. The SMILES string of the molecule is CC/C=C\C/C=C\C/C=C\C/C=C\CCCCCOCC(CO)OC(=O)CCCCCCC/C=C\CCCCCCCC. The zero-order valence-electron chi connectivity index (χ0n) is 28.2. The molecule has 0 aliphatic carbocycles. The molecule has 0 heterocycles. The average molecular weight is 601 g/mol. The fourth-order valence-electron chi connectivity index (χ4n) is 4.66. The highest BCUT2D eigenvalue weighted by atomic mass is 16.6. The first-order valence-electron chi connectivity index (χ1n) is 17.9. The largest absolute Gasteiger partial charge is 0.457 e. The Morgan fingerprint density at radius 3 is 1.60 bits per heavy atom. The van der Waals surface area contributed by atoms with E-state index < -0.39 is 6.10 Å². The van der Waals surface area contributed by atoms with Gasteiger partial charge in [-0.25, -0.2) is 0 Å². The van der Waals surface area contributed by atoms with Crippen LogP contribution in [0.3, 0.4) is 0 Å². The Labute approximate surface area is 266 Å². The number of ether oxygens (including phenoxy) is 2. The number of allylic oxidation sites excluding steroid dienone is 10. The number of aliphatic hydroxyl groups is 1. The maximum absolute atomic E-state index is 12.1. The van der Waals surface area contributed by atoms with Crippen LogP contribution in [-0.4, -0.2) is 37.0 Å². The lowest BCUT2D eigenvalue weighted by molar-refractivity contribution is -0.154. The van der Waals surface area contributed by atoms with E-state index >= 15 is 0 Å². The van der Waals surface area contributed by atoms with Crippen molar-refractivity contribution >= 4 is 5.97 Å². The third-order valence-electron chi connectivity index (χ3n) is 7.33. The number of hydrogen-bond donors (Lipinski definition) is 1. The molecular weight excluding hydrogens is 532 g/mol. The molecule has 0 aromatic rings. The smallest absolute Gasteiger partial charge is 0.306 e. The minimum absolute atomic E-state index is 0.191. The van der Waals surface area contributed by atoms with Crippen molar-refractivity contribution in [2.24, 2.45) is 0 Å². The average Bonchev–Trinajstić information content (AvgIpc) is 3.01. The van der Waals surface area contributed by atoms with Gasteiger partial charge in [-0.15, -0.1) is 0 Å². The molecule has 4 heteroatoms. The molecule has 0 aliphatic rings. The van der Waals surface area contributed by atoms with Crippen molar-refractivity contribution in [1.82, 2.24) is 0 Å². The van der Waals surface area contributed by atoms with Crippen molar-refractivity contribution < 1.29 is 19.4 Å². The van der Waals surface area contributed by atoms with Gasteiger partial charge in [-0.1, -0.05) is 132 Å². The van der Waals surface area contributed by atoms with Gasteiger partial charge in [0.2, 0.25) is 0 Å². The summed E-state index contributed by atoms with van der Waals surface area (Å²) in [5, 5.41) is 9.54. The summed E-state index contributed by atoms with van der Waals surface area (Å²) in [7, 11) is 0. The van der Waals surface area contributed by atoms with Crippen LogP contribution >= 0.6 is 0 Å². The molecule has 1 atom stereocenters. The predicted octanol–water partition coefficient (Wildman–Crippen LogP) is 11.3. The molecule has 0 radical (unpaired) electrons. The summed E-state index contributed by atoms with van der Waals surface area (Å²) >= 11 is 0. The Balaban J connectivity index is 3.55. The van der Waals surface area contributed by atoms with Crippen LogP contribution in [0.5, 0.6) is 0 Å². The number of esters is 1. The van der Waals surface area contributed by atoms with E-state index in [0.29, 0.717) is 13.0 Å². The van der Waals surface area contributed by atoms with Crippen LogP contribution in [0.4, 0.5) is 0 Å². The first-order chi connectivity index (χ1) is 21.2. The minimum atomic E-state index is -0.556. The molecule has 0 aromatic carbocycles. The summed E-state index contributed by atoms with van der Waals surface area (Å²) in [5.41, 5.74) is 0. The monoisotopic (exact) mass is 601 g/mol. The van der Waals surface area contributed by atoms with Crippen molar-refractivity contribution in [2.45, 2.75) is 161 Å². The van der Waals surface area contributed by atoms with Gasteiger partial charge in [0.25, 0.3) is 0 Å². The molecule has 0 amide bonds. The van der Waals surface area contributed by atoms with Crippen LogP contribution in [0.15, 0.2) is 60.8 Å². The van der Waals surface area contributed by atoms with Crippen LogP contribution in [0.1, 0.15) is 155 Å². The summed E-state index contributed by atoms with van der Waals surface area (Å²) in [4.78, 5) is 12.1. The molecular formula is C39H68O4. The summed E-state index contributed by atoms with van der Waals surface area (Å²) in [5.74, 6) is -0.224. The quantitative estimate of drug-likeness (QED) is 0.0474. The Hall–Kier alpha value is -1.91. The Morgan fingerprint density at radius 1 is 0.581 bits per heavy atom. The zero-order chi connectivity index (χ0) is 31.3. The number of carbonyl (C=O) groups is 1. The fourth-order valence-corrected chi connectivity index (χ4v) is 4.66. The van der Waals surface area contributed by atoms with Crippen molar-refractivity contribution in [3.05, 3.63) is 60.8 Å². The molecule has 0 saturated heterocycles. The highest BCUT2D eigenvalue weighted by Gasteiger charge is 2.13. The van der Waals surface area contributed by atoms with Gasteiger partial charge in [-0.05, 0) is 77.0 Å². The normalized spacial score (nSPS) is 13.1. The lowest BCUT2D eigenvalue weighted by Gasteiger charge is -2.15. The summed E-state index contributed by atoms with van der Waals surface area (Å²) in [6, 6.07) is 0. The van der Waals surface area contributed by atoms with Gasteiger partial charge in [0.05, 0.1) is 13.2 Å². The minimum Gasteiger partial charge on any atom is -0.457 e. The second-order valence-electron chi connectivity index (χ2n) is 11.6. The molecule has 0 saturated carbocycles. The topological polar surface area (TPSA) is 55.8 Å². The number of rotatable bonds is 32. The third-order valence-corrected chi connectivity index (χ3v) is 7.33. The number of hydrogen-bond acceptors (Lipinski definition) is 4. The Morgan fingerprint density at radius 2 is 1.05 bits per heavy atom. The first-order valence-corrected chi connectivity index (χ1v) is 17.9. The van der Waals surface area contributed by atoms with Gasteiger partial charge in [0.15, 0.2) is 0 Å². The van der Waals surface area contributed by atoms with E-state index in [-0.39, 0.29) is 19.2 Å². The molecule has 248 valence electrons. The molecule has 4 nitrogen and oxygen atoms in total. The van der Waals surface area contributed by atoms with E-state index in [1.54, 1.807) is 0 Å². The van der Waals surface area contributed by atoms with Crippen molar-refractivity contribution in [3.63, 3.8) is 0 Å². The van der Waals surface area contributed by atoms with Gasteiger partial charge in [0, 0.05) is 13.0 Å². The standard InChI is InChI=1S/C39H68O4/c1-3-5-7-9-11-13-15-17-19-21-23-25-27-29-31-33-35-42-37-38(36-40)43-39(41)34-32-30-28-26-24-22-20-18-16-14-12-10-8-6-4-2/h5,7,11,13,17-20,23,25,38,40H,3-4,6,8-10,12,14-16,21-22,24,26-37H2,1-2H3/b7-5-,13-11-,19-17-,20-18-,25-23-. The molecule has 0 spiro atoms. The lowest BCUT2D eigenvalue weighted by Crippen LogP contribution is -2.27. The highest BCUT2D eigenvalue weighted by Crippen LogP contribution is 2.11. The molecule has 0 aromatic heterocycles. The summed E-state index contributed by atoms with van der Waals surface area (Å²) < 4.78 is 11.1. The number of aliphatic hydroxyl groups excluding tert-OH is 1. The van der Waals surface area contributed by atoms with E-state index in [2.05, 4.69) is 74.6 Å².